The Hall–Kier alpha value is -2.44. The average molecular weight is 306 g/mol. The van der Waals surface area contributed by atoms with Gasteiger partial charge >= 0.3 is 5.97 Å². The molecule has 0 radical (unpaired) electrons. The first kappa shape index (κ1) is 15.9. The molecule has 1 amide bonds. The number of carbonyl (C=O) groups excluding carboxylic acids is 2. The normalized spacial score (nSPS) is 17.9. The number of hydrogen-bond donors (Lipinski definition) is 0. The van der Waals surface area contributed by atoms with Gasteiger partial charge in [-0.15, -0.1) is 0 Å². The van der Waals surface area contributed by atoms with E-state index in [9.17, 15) is 19.7 Å². The van der Waals surface area contributed by atoms with Crippen LogP contribution in [0.5, 0.6) is 0 Å². The Morgan fingerprint density at radius 3 is 2.77 bits per heavy atom. The van der Waals surface area contributed by atoms with Crippen molar-refractivity contribution in [2.45, 2.75) is 31.7 Å². The van der Waals surface area contributed by atoms with Gasteiger partial charge < -0.3 is 9.64 Å². The number of para-hydroxylation sites is 1. The van der Waals surface area contributed by atoms with E-state index in [1.165, 1.54) is 18.1 Å². The average Bonchev–Trinajstić information content (AvgIpc) is 2.54. The second-order valence-corrected chi connectivity index (χ2v) is 5.18. The molecule has 1 unspecified atom stereocenters. The van der Waals surface area contributed by atoms with Crippen LogP contribution in [-0.4, -0.2) is 41.4 Å². The van der Waals surface area contributed by atoms with E-state index in [4.69, 9.17) is 4.74 Å². The summed E-state index contributed by atoms with van der Waals surface area (Å²) in [7, 11) is 1.29. The molecule has 1 aromatic rings. The fourth-order valence-corrected chi connectivity index (χ4v) is 2.71. The van der Waals surface area contributed by atoms with Gasteiger partial charge in [0.25, 0.3) is 5.69 Å². The van der Waals surface area contributed by atoms with E-state index < -0.39 is 16.9 Å². The molecule has 1 heterocycles. The quantitative estimate of drug-likeness (QED) is 0.480. The first-order valence-electron chi connectivity index (χ1n) is 7.14. The summed E-state index contributed by atoms with van der Waals surface area (Å²) in [5.41, 5.74) is 0.272. The maximum Gasteiger partial charge on any atom is 0.328 e. The largest absolute Gasteiger partial charge is 0.467 e. The Bertz CT molecular complexity index is 587. The van der Waals surface area contributed by atoms with Crippen LogP contribution in [0.1, 0.15) is 24.8 Å². The third-order valence-electron chi connectivity index (χ3n) is 3.83. The van der Waals surface area contributed by atoms with Gasteiger partial charge in [0.05, 0.1) is 18.5 Å². The molecule has 7 nitrogen and oxygen atoms in total. The molecule has 1 atom stereocenters. The smallest absolute Gasteiger partial charge is 0.328 e. The topological polar surface area (TPSA) is 89.8 Å². The van der Waals surface area contributed by atoms with Gasteiger partial charge in [-0.2, -0.15) is 0 Å². The summed E-state index contributed by atoms with van der Waals surface area (Å²) in [6.07, 6.45) is 2.14. The number of nitro groups is 1. The summed E-state index contributed by atoms with van der Waals surface area (Å²) in [6, 6.07) is 5.56. The third kappa shape index (κ3) is 3.41. The van der Waals surface area contributed by atoms with Gasteiger partial charge in [-0.3, -0.25) is 14.9 Å². The maximum atomic E-state index is 12.5. The van der Waals surface area contributed by atoms with Crippen molar-refractivity contribution in [2.24, 2.45) is 0 Å². The lowest BCUT2D eigenvalue weighted by molar-refractivity contribution is -0.385. The molecule has 1 saturated heterocycles. The Balaban J connectivity index is 2.17. The number of hydrogen-bond acceptors (Lipinski definition) is 5. The van der Waals surface area contributed by atoms with Crippen LogP contribution in [0.25, 0.3) is 0 Å². The predicted octanol–water partition coefficient (Wildman–Crippen LogP) is 1.69. The Morgan fingerprint density at radius 1 is 1.36 bits per heavy atom. The molecule has 2 rings (SSSR count). The molecular weight excluding hydrogens is 288 g/mol. The predicted molar refractivity (Wildman–Crippen MR) is 78.2 cm³/mol. The van der Waals surface area contributed by atoms with Gasteiger partial charge in [0.2, 0.25) is 5.91 Å². The molecule has 118 valence electrons. The summed E-state index contributed by atoms with van der Waals surface area (Å²) in [5, 5.41) is 11.0. The van der Waals surface area contributed by atoms with Gasteiger partial charge in [0.1, 0.15) is 6.04 Å². The summed E-state index contributed by atoms with van der Waals surface area (Å²) in [6.45, 7) is 0.471. The second-order valence-electron chi connectivity index (χ2n) is 5.18. The minimum Gasteiger partial charge on any atom is -0.467 e. The molecule has 0 spiro atoms. The van der Waals surface area contributed by atoms with E-state index in [-0.39, 0.29) is 18.0 Å². The second kappa shape index (κ2) is 7.02. The summed E-state index contributed by atoms with van der Waals surface area (Å²) >= 11 is 0. The van der Waals surface area contributed by atoms with Gasteiger partial charge in [-0.25, -0.2) is 4.79 Å². The molecule has 0 saturated carbocycles. The fraction of sp³-hybridized carbons (Fsp3) is 0.467. The highest BCUT2D eigenvalue weighted by Crippen LogP contribution is 2.22. The van der Waals surface area contributed by atoms with Crippen LogP contribution < -0.4 is 0 Å². The zero-order chi connectivity index (χ0) is 16.1. The van der Waals surface area contributed by atoms with E-state index in [1.807, 2.05) is 0 Å². The summed E-state index contributed by atoms with van der Waals surface area (Å²) in [5.74, 6) is -0.722. The fourth-order valence-electron chi connectivity index (χ4n) is 2.71. The van der Waals surface area contributed by atoms with Crippen molar-refractivity contribution < 1.29 is 19.2 Å². The molecule has 1 aliphatic heterocycles. The SMILES string of the molecule is COC(=O)C1CCCCN1C(=O)Cc1ccccc1[N+](=O)[O-]. The van der Waals surface area contributed by atoms with Crippen molar-refractivity contribution in [1.29, 1.82) is 0 Å². The number of methoxy groups -OCH3 is 1. The molecule has 0 aliphatic carbocycles. The van der Waals surface area contributed by atoms with E-state index in [1.54, 1.807) is 18.2 Å². The minimum atomic E-state index is -0.589. The van der Waals surface area contributed by atoms with Crippen molar-refractivity contribution >= 4 is 17.6 Å². The van der Waals surface area contributed by atoms with E-state index >= 15 is 0 Å². The number of amides is 1. The maximum absolute atomic E-state index is 12.5. The van der Waals surface area contributed by atoms with Crippen LogP contribution in [-0.2, 0) is 20.7 Å². The van der Waals surface area contributed by atoms with Gasteiger partial charge in [-0.1, -0.05) is 18.2 Å². The lowest BCUT2D eigenvalue weighted by atomic mass is 10.0. The number of nitro benzene ring substituents is 1. The monoisotopic (exact) mass is 306 g/mol. The van der Waals surface area contributed by atoms with Crippen LogP contribution >= 0.6 is 0 Å². The van der Waals surface area contributed by atoms with E-state index in [0.29, 0.717) is 18.5 Å². The molecule has 0 bridgehead atoms. The Kier molecular flexibility index (Phi) is 5.08. The van der Waals surface area contributed by atoms with Crippen LogP contribution in [0.15, 0.2) is 24.3 Å². The van der Waals surface area contributed by atoms with E-state index in [0.717, 1.165) is 12.8 Å². The lowest BCUT2D eigenvalue weighted by Gasteiger charge is -2.33. The van der Waals surface area contributed by atoms with Crippen LogP contribution in [0, 0.1) is 10.1 Å². The standard InChI is InChI=1S/C15H18N2O5/c1-22-15(19)13-8-4-5-9-16(13)14(18)10-11-6-2-3-7-12(11)17(20)21/h2-3,6-7,13H,4-5,8-10H2,1H3. The number of nitrogens with zero attached hydrogens (tertiary/aromatic N) is 2. The minimum absolute atomic E-state index is 0.0810. The van der Waals surface area contributed by atoms with Crippen LogP contribution in [0.4, 0.5) is 5.69 Å². The lowest BCUT2D eigenvalue weighted by Crippen LogP contribution is -2.49. The molecule has 1 aromatic carbocycles. The van der Waals surface area contributed by atoms with E-state index in [2.05, 4.69) is 0 Å². The zero-order valence-electron chi connectivity index (χ0n) is 12.4. The van der Waals surface area contributed by atoms with Crippen LogP contribution in [0.3, 0.4) is 0 Å². The van der Waals surface area contributed by atoms with Crippen molar-refractivity contribution in [2.75, 3.05) is 13.7 Å². The van der Waals surface area contributed by atoms with Crippen molar-refractivity contribution in [1.82, 2.24) is 4.90 Å². The van der Waals surface area contributed by atoms with Crippen LogP contribution in [0.2, 0.25) is 0 Å². The summed E-state index contributed by atoms with van der Waals surface area (Å²) in [4.78, 5) is 36.2. The number of benzene rings is 1. The first-order chi connectivity index (χ1) is 10.5. The molecule has 0 N–H and O–H groups in total. The molecule has 7 heteroatoms. The number of esters is 1. The number of carbonyl (C=O) groups is 2. The van der Waals surface area contributed by atoms with Gasteiger partial charge in [0, 0.05) is 18.2 Å². The molecule has 0 aromatic heterocycles. The zero-order valence-corrected chi connectivity index (χ0v) is 12.4. The third-order valence-corrected chi connectivity index (χ3v) is 3.83. The Labute approximate surface area is 128 Å². The highest BCUT2D eigenvalue weighted by molar-refractivity contribution is 5.86. The van der Waals surface area contributed by atoms with Crippen molar-refractivity contribution in [3.8, 4) is 0 Å². The van der Waals surface area contributed by atoms with Gasteiger partial charge in [0.15, 0.2) is 0 Å². The number of piperidine rings is 1. The molecule has 22 heavy (non-hydrogen) atoms. The first-order valence-corrected chi connectivity index (χ1v) is 7.14. The highest BCUT2D eigenvalue weighted by Gasteiger charge is 2.33. The molecule has 1 fully saturated rings. The number of rotatable bonds is 4. The molecule has 1 aliphatic rings. The number of ether oxygens (including phenoxy) is 1. The summed E-state index contributed by atoms with van der Waals surface area (Å²) < 4.78 is 4.74. The van der Waals surface area contributed by atoms with Gasteiger partial charge in [-0.05, 0) is 19.3 Å². The Morgan fingerprint density at radius 2 is 2.09 bits per heavy atom. The molecular formula is C15H18N2O5. The van der Waals surface area contributed by atoms with Crippen molar-refractivity contribution in [3.05, 3.63) is 39.9 Å². The number of likely N-dealkylation sites (tertiary alicyclic amines) is 1. The highest BCUT2D eigenvalue weighted by atomic mass is 16.6. The van der Waals surface area contributed by atoms with Crippen molar-refractivity contribution in [3.63, 3.8) is 0 Å².